The van der Waals surface area contributed by atoms with Crippen LogP contribution in [0.5, 0.6) is 0 Å². The molecule has 13 heavy (non-hydrogen) atoms. The van der Waals surface area contributed by atoms with Crippen LogP contribution in [0.2, 0.25) is 19.6 Å². The Balaban J connectivity index is 4.19. The van der Waals surface area contributed by atoms with Gasteiger partial charge in [-0.25, -0.2) is 0 Å². The molecule has 0 rings (SSSR count). The van der Waals surface area contributed by atoms with Gasteiger partial charge in [-0.1, -0.05) is 31.6 Å². The summed E-state index contributed by atoms with van der Waals surface area (Å²) in [6.45, 7) is 10.8. The van der Waals surface area contributed by atoms with Crippen molar-refractivity contribution in [1.82, 2.24) is 0 Å². The van der Waals surface area contributed by atoms with Crippen molar-refractivity contribution in [3.8, 4) is 11.5 Å². The second-order valence-electron chi connectivity index (χ2n) is 4.40. The van der Waals surface area contributed by atoms with Crippen molar-refractivity contribution in [2.75, 3.05) is 0 Å². The zero-order valence-electron chi connectivity index (χ0n) is 9.24. The minimum atomic E-state index is -1.21. The molecule has 0 aliphatic rings. The van der Waals surface area contributed by atoms with E-state index in [1.165, 1.54) is 0 Å². The summed E-state index contributed by atoms with van der Waals surface area (Å²) in [6, 6.07) is 0. The van der Waals surface area contributed by atoms with Crippen LogP contribution >= 0.6 is 11.6 Å². The fraction of sp³-hybridized carbons (Fsp3) is 0.636. The summed E-state index contributed by atoms with van der Waals surface area (Å²) < 4.78 is 0. The van der Waals surface area contributed by atoms with Crippen molar-refractivity contribution in [2.24, 2.45) is 0 Å². The Morgan fingerprint density at radius 3 is 2.38 bits per heavy atom. The lowest BCUT2D eigenvalue weighted by atomic mass is 10.2. The van der Waals surface area contributed by atoms with E-state index >= 15 is 0 Å². The third-order valence-corrected chi connectivity index (χ3v) is 2.44. The van der Waals surface area contributed by atoms with E-state index in [0.717, 1.165) is 12.0 Å². The molecule has 0 amide bonds. The Morgan fingerprint density at radius 1 is 1.46 bits per heavy atom. The maximum absolute atomic E-state index is 5.83. The van der Waals surface area contributed by atoms with Gasteiger partial charge in [-0.3, -0.25) is 0 Å². The van der Waals surface area contributed by atoms with Crippen molar-refractivity contribution in [3.63, 3.8) is 0 Å². The van der Waals surface area contributed by atoms with Crippen LogP contribution in [0.25, 0.3) is 0 Å². The maximum atomic E-state index is 5.83. The summed E-state index contributed by atoms with van der Waals surface area (Å²) in [6.07, 6.45) is 3.03. The van der Waals surface area contributed by atoms with Gasteiger partial charge in [0.25, 0.3) is 0 Å². The Bertz CT molecular complexity index is 235. The molecule has 0 aromatic carbocycles. The topological polar surface area (TPSA) is 0 Å². The van der Waals surface area contributed by atoms with E-state index in [9.17, 15) is 0 Å². The number of hydrogen-bond donors (Lipinski definition) is 0. The molecule has 2 heteroatoms. The standard InChI is InChI=1S/C11H19ClSi/c1-10(6-7-11(2)12)8-9-13(3,4)5/h6,11H,7H2,1-5H3/b10-6-. The predicted octanol–water partition coefficient (Wildman–Crippen LogP) is 3.83. The molecule has 0 saturated heterocycles. The molecule has 0 nitrogen and oxygen atoms in total. The number of rotatable bonds is 2. The third kappa shape index (κ3) is 9.72. The molecule has 0 fully saturated rings. The van der Waals surface area contributed by atoms with E-state index in [0.29, 0.717) is 0 Å². The van der Waals surface area contributed by atoms with Crippen LogP contribution in [0.3, 0.4) is 0 Å². The monoisotopic (exact) mass is 214 g/mol. The van der Waals surface area contributed by atoms with E-state index < -0.39 is 8.07 Å². The third-order valence-electron chi connectivity index (χ3n) is 1.38. The number of alkyl halides is 1. The van der Waals surface area contributed by atoms with Gasteiger partial charge in [0.2, 0.25) is 0 Å². The highest BCUT2D eigenvalue weighted by molar-refractivity contribution is 6.83. The summed E-state index contributed by atoms with van der Waals surface area (Å²) in [4.78, 5) is 0. The molecule has 1 unspecified atom stereocenters. The first-order chi connectivity index (χ1) is 5.81. The van der Waals surface area contributed by atoms with Crippen LogP contribution < -0.4 is 0 Å². The van der Waals surface area contributed by atoms with Gasteiger partial charge >= 0.3 is 0 Å². The van der Waals surface area contributed by atoms with Gasteiger partial charge in [0.1, 0.15) is 8.07 Å². The van der Waals surface area contributed by atoms with Gasteiger partial charge in [-0.2, -0.15) is 0 Å². The first-order valence-electron chi connectivity index (χ1n) is 4.65. The van der Waals surface area contributed by atoms with Crippen molar-refractivity contribution in [3.05, 3.63) is 11.6 Å². The summed E-state index contributed by atoms with van der Waals surface area (Å²) in [7, 11) is -1.21. The molecule has 0 N–H and O–H groups in total. The van der Waals surface area contributed by atoms with Gasteiger partial charge in [0.15, 0.2) is 0 Å². The second-order valence-corrected chi connectivity index (χ2v) is 9.90. The first-order valence-corrected chi connectivity index (χ1v) is 8.59. The smallest absolute Gasteiger partial charge is 0.127 e. The molecule has 0 radical (unpaired) electrons. The van der Waals surface area contributed by atoms with Crippen LogP contribution in [0, 0.1) is 11.5 Å². The average Bonchev–Trinajstić information content (AvgIpc) is 1.95. The second kappa shape index (κ2) is 5.52. The Kier molecular flexibility index (Phi) is 5.44. The number of halogens is 1. The van der Waals surface area contributed by atoms with Gasteiger partial charge < -0.3 is 0 Å². The Labute approximate surface area is 88.4 Å². The molecule has 1 atom stereocenters. The first kappa shape index (κ1) is 12.8. The summed E-state index contributed by atoms with van der Waals surface area (Å²) in [5.74, 6) is 3.19. The molecular formula is C11H19ClSi. The molecule has 0 saturated carbocycles. The average molecular weight is 215 g/mol. The predicted molar refractivity (Wildman–Crippen MR) is 64.8 cm³/mol. The van der Waals surface area contributed by atoms with E-state index in [1.54, 1.807) is 0 Å². The molecule has 0 aromatic rings. The van der Waals surface area contributed by atoms with Crippen LogP contribution in [0.4, 0.5) is 0 Å². The lowest BCUT2D eigenvalue weighted by Gasteiger charge is -2.03. The fourth-order valence-electron chi connectivity index (χ4n) is 0.676. The van der Waals surface area contributed by atoms with Crippen LogP contribution in [-0.2, 0) is 0 Å². The van der Waals surface area contributed by atoms with E-state index in [-0.39, 0.29) is 5.38 Å². The molecule has 0 aliphatic carbocycles. The lowest BCUT2D eigenvalue weighted by molar-refractivity contribution is 0.963. The maximum Gasteiger partial charge on any atom is 0.129 e. The molecule has 0 spiro atoms. The molecule has 0 aromatic heterocycles. The quantitative estimate of drug-likeness (QED) is 0.373. The highest BCUT2D eigenvalue weighted by Gasteiger charge is 2.07. The fourth-order valence-corrected chi connectivity index (χ4v) is 1.34. The Hall–Kier alpha value is -0.193. The number of allylic oxidation sites excluding steroid dienone is 2. The van der Waals surface area contributed by atoms with Gasteiger partial charge in [0.05, 0.1) is 0 Å². The minimum Gasteiger partial charge on any atom is -0.127 e. The summed E-state index contributed by atoms with van der Waals surface area (Å²) >= 11 is 5.83. The Morgan fingerprint density at radius 2 is 2.00 bits per heavy atom. The van der Waals surface area contributed by atoms with E-state index in [4.69, 9.17) is 11.6 Å². The van der Waals surface area contributed by atoms with Crippen LogP contribution in [0.15, 0.2) is 11.6 Å². The SMILES string of the molecule is C/C(C#C[Si](C)(C)C)=C/CC(C)Cl. The van der Waals surface area contributed by atoms with Crippen LogP contribution in [0.1, 0.15) is 20.3 Å². The van der Waals surface area contributed by atoms with Crippen molar-refractivity contribution in [1.29, 1.82) is 0 Å². The van der Waals surface area contributed by atoms with Crippen molar-refractivity contribution in [2.45, 2.75) is 45.3 Å². The molecular weight excluding hydrogens is 196 g/mol. The van der Waals surface area contributed by atoms with Crippen LogP contribution in [-0.4, -0.2) is 13.5 Å². The van der Waals surface area contributed by atoms with E-state index in [1.807, 2.05) is 13.8 Å². The largest absolute Gasteiger partial charge is 0.129 e. The summed E-state index contributed by atoms with van der Waals surface area (Å²) in [5, 5.41) is 0.212. The molecule has 0 bridgehead atoms. The zero-order valence-corrected chi connectivity index (χ0v) is 11.0. The number of hydrogen-bond acceptors (Lipinski definition) is 0. The molecule has 0 aliphatic heterocycles. The summed E-state index contributed by atoms with van der Waals surface area (Å²) in [5.41, 5.74) is 4.47. The minimum absolute atomic E-state index is 0.212. The normalized spacial score (nSPS) is 14.8. The van der Waals surface area contributed by atoms with Gasteiger partial charge in [-0.05, 0) is 25.8 Å². The van der Waals surface area contributed by atoms with Gasteiger partial charge in [0, 0.05) is 5.38 Å². The zero-order chi connectivity index (χ0) is 10.5. The van der Waals surface area contributed by atoms with E-state index in [2.05, 4.69) is 37.2 Å². The highest BCUT2D eigenvalue weighted by Crippen LogP contribution is 2.04. The highest BCUT2D eigenvalue weighted by atomic mass is 35.5. The van der Waals surface area contributed by atoms with Crippen molar-refractivity contribution < 1.29 is 0 Å². The van der Waals surface area contributed by atoms with Crippen molar-refractivity contribution >= 4 is 19.7 Å². The molecule has 0 heterocycles. The van der Waals surface area contributed by atoms with Gasteiger partial charge in [-0.15, -0.1) is 17.1 Å². The lowest BCUT2D eigenvalue weighted by Crippen LogP contribution is -2.16. The molecule has 74 valence electrons.